The molecule has 2 aromatic heterocycles. The fourth-order valence-corrected chi connectivity index (χ4v) is 2.04. The van der Waals surface area contributed by atoms with Crippen LogP contribution in [0.4, 0.5) is 4.39 Å². The van der Waals surface area contributed by atoms with E-state index in [1.807, 2.05) is 6.07 Å². The molecule has 23 heavy (non-hydrogen) atoms. The summed E-state index contributed by atoms with van der Waals surface area (Å²) in [5, 5.41) is 7.16. The van der Waals surface area contributed by atoms with E-state index in [0.717, 1.165) is 11.4 Å². The third-order valence-corrected chi connectivity index (χ3v) is 3.20. The van der Waals surface area contributed by atoms with Crippen molar-refractivity contribution < 1.29 is 9.18 Å². The average molecular weight is 311 g/mol. The van der Waals surface area contributed by atoms with Crippen molar-refractivity contribution in [1.29, 1.82) is 0 Å². The molecule has 6 nitrogen and oxygen atoms in total. The van der Waals surface area contributed by atoms with Gasteiger partial charge in [-0.15, -0.1) is 0 Å². The lowest BCUT2D eigenvalue weighted by Gasteiger charge is -2.03. The van der Waals surface area contributed by atoms with Crippen molar-refractivity contribution in [1.82, 2.24) is 25.1 Å². The summed E-state index contributed by atoms with van der Waals surface area (Å²) in [4.78, 5) is 19.6. The minimum absolute atomic E-state index is 0.268. The van der Waals surface area contributed by atoms with Crippen molar-refractivity contribution in [3.63, 3.8) is 0 Å². The molecule has 0 aliphatic carbocycles. The van der Waals surface area contributed by atoms with Gasteiger partial charge >= 0.3 is 0 Å². The van der Waals surface area contributed by atoms with Crippen LogP contribution in [0.3, 0.4) is 0 Å². The van der Waals surface area contributed by atoms with E-state index in [4.69, 9.17) is 0 Å². The molecule has 0 unspecified atom stereocenters. The monoisotopic (exact) mass is 311 g/mol. The van der Waals surface area contributed by atoms with Crippen LogP contribution in [0.2, 0.25) is 0 Å². The van der Waals surface area contributed by atoms with Gasteiger partial charge in [0.15, 0.2) is 0 Å². The van der Waals surface area contributed by atoms with Crippen LogP contribution in [0, 0.1) is 5.82 Å². The zero-order valence-corrected chi connectivity index (χ0v) is 12.2. The van der Waals surface area contributed by atoms with E-state index in [-0.39, 0.29) is 17.4 Å². The largest absolute Gasteiger partial charge is 0.350 e. The highest BCUT2D eigenvalue weighted by atomic mass is 19.1. The Labute approximate surface area is 132 Å². The second-order valence-electron chi connectivity index (χ2n) is 4.82. The van der Waals surface area contributed by atoms with E-state index >= 15 is 0 Å². The first kappa shape index (κ1) is 14.8. The van der Waals surface area contributed by atoms with E-state index in [1.54, 1.807) is 23.0 Å². The summed E-state index contributed by atoms with van der Waals surface area (Å²) in [6.45, 7) is 0.440. The lowest BCUT2D eigenvalue weighted by Crippen LogP contribution is -2.26. The normalized spacial score (nSPS) is 10.5. The third-order valence-electron chi connectivity index (χ3n) is 3.20. The number of carbonyl (C=O) groups is 1. The van der Waals surface area contributed by atoms with Gasteiger partial charge in [0.1, 0.15) is 11.5 Å². The molecule has 3 rings (SSSR count). The summed E-state index contributed by atoms with van der Waals surface area (Å²) in [6, 6.07) is 7.94. The van der Waals surface area contributed by atoms with Crippen LogP contribution >= 0.6 is 0 Å². The maximum Gasteiger partial charge on any atom is 0.271 e. The number of carbonyl (C=O) groups excluding carboxylic acids is 1. The second kappa shape index (κ2) is 6.78. The fourth-order valence-electron chi connectivity index (χ4n) is 2.04. The van der Waals surface area contributed by atoms with Crippen molar-refractivity contribution in [3.05, 3.63) is 72.3 Å². The summed E-state index contributed by atoms with van der Waals surface area (Å²) >= 11 is 0. The summed E-state index contributed by atoms with van der Waals surface area (Å²) < 4.78 is 14.6. The molecule has 116 valence electrons. The standard InChI is InChI=1S/C16H14FN5O/c17-12-1-3-14(4-2-12)22-10-6-13(21-22)5-7-20-16(23)15-11-18-8-9-19-15/h1-4,6,8-11H,5,7H2,(H,20,23). The Morgan fingerprint density at radius 2 is 2.00 bits per heavy atom. The van der Waals surface area contributed by atoms with E-state index < -0.39 is 0 Å². The van der Waals surface area contributed by atoms with E-state index in [2.05, 4.69) is 20.4 Å². The molecule has 0 fully saturated rings. The highest BCUT2D eigenvalue weighted by Crippen LogP contribution is 2.09. The van der Waals surface area contributed by atoms with Gasteiger partial charge in [0.25, 0.3) is 5.91 Å². The van der Waals surface area contributed by atoms with Crippen LogP contribution in [-0.2, 0) is 6.42 Å². The number of aromatic nitrogens is 4. The van der Waals surface area contributed by atoms with Gasteiger partial charge in [-0.25, -0.2) is 14.1 Å². The number of amides is 1. The molecule has 0 aliphatic rings. The van der Waals surface area contributed by atoms with Gasteiger partial charge in [-0.3, -0.25) is 9.78 Å². The van der Waals surface area contributed by atoms with Crippen LogP contribution in [0.5, 0.6) is 0 Å². The van der Waals surface area contributed by atoms with Gasteiger partial charge in [0, 0.05) is 31.6 Å². The molecule has 0 aliphatic heterocycles. The van der Waals surface area contributed by atoms with Crippen molar-refractivity contribution in [2.45, 2.75) is 6.42 Å². The van der Waals surface area contributed by atoms with Crippen molar-refractivity contribution in [2.24, 2.45) is 0 Å². The van der Waals surface area contributed by atoms with Crippen LogP contribution in [0.25, 0.3) is 5.69 Å². The molecule has 0 radical (unpaired) electrons. The molecule has 2 heterocycles. The Hall–Kier alpha value is -3.09. The fraction of sp³-hybridized carbons (Fsp3) is 0.125. The molecule has 0 atom stereocenters. The van der Waals surface area contributed by atoms with Gasteiger partial charge in [0.2, 0.25) is 0 Å². The topological polar surface area (TPSA) is 72.7 Å². The highest BCUT2D eigenvalue weighted by Gasteiger charge is 2.07. The second-order valence-corrected chi connectivity index (χ2v) is 4.82. The Morgan fingerprint density at radius 1 is 1.17 bits per heavy atom. The quantitative estimate of drug-likeness (QED) is 0.779. The molecule has 0 saturated heterocycles. The maximum atomic E-state index is 12.9. The molecular formula is C16H14FN5O. The average Bonchev–Trinajstić information content (AvgIpc) is 3.05. The van der Waals surface area contributed by atoms with Gasteiger partial charge < -0.3 is 5.32 Å². The predicted molar refractivity (Wildman–Crippen MR) is 81.6 cm³/mol. The van der Waals surface area contributed by atoms with E-state index in [1.165, 1.54) is 30.7 Å². The zero-order chi connectivity index (χ0) is 16.1. The van der Waals surface area contributed by atoms with Crippen molar-refractivity contribution in [3.8, 4) is 5.69 Å². The Bertz CT molecular complexity index is 786. The number of nitrogens with zero attached hydrogens (tertiary/aromatic N) is 4. The Kier molecular flexibility index (Phi) is 4.37. The van der Waals surface area contributed by atoms with Gasteiger partial charge in [-0.2, -0.15) is 5.10 Å². The van der Waals surface area contributed by atoms with Gasteiger partial charge in [0.05, 0.1) is 17.6 Å². The van der Waals surface area contributed by atoms with Crippen LogP contribution < -0.4 is 5.32 Å². The zero-order valence-electron chi connectivity index (χ0n) is 12.2. The van der Waals surface area contributed by atoms with Crippen LogP contribution in [0.1, 0.15) is 16.2 Å². The molecule has 7 heteroatoms. The summed E-state index contributed by atoms with van der Waals surface area (Å²) in [5.74, 6) is -0.552. The first-order chi connectivity index (χ1) is 11.2. The minimum atomic E-state index is -0.284. The molecule has 1 N–H and O–H groups in total. The summed E-state index contributed by atoms with van der Waals surface area (Å²) in [5.41, 5.74) is 1.89. The Balaban J connectivity index is 1.55. The minimum Gasteiger partial charge on any atom is -0.350 e. The maximum absolute atomic E-state index is 12.9. The molecule has 1 amide bonds. The van der Waals surface area contributed by atoms with Crippen molar-refractivity contribution >= 4 is 5.91 Å². The molecule has 0 spiro atoms. The number of rotatable bonds is 5. The van der Waals surface area contributed by atoms with Crippen LogP contribution in [0.15, 0.2) is 55.1 Å². The molecule has 3 aromatic rings. The van der Waals surface area contributed by atoms with Crippen LogP contribution in [-0.4, -0.2) is 32.2 Å². The highest BCUT2D eigenvalue weighted by molar-refractivity contribution is 5.91. The SMILES string of the molecule is O=C(NCCc1ccn(-c2ccc(F)cc2)n1)c1cnccn1. The smallest absolute Gasteiger partial charge is 0.271 e. The lowest BCUT2D eigenvalue weighted by molar-refractivity contribution is 0.0948. The number of hydrogen-bond donors (Lipinski definition) is 1. The van der Waals surface area contributed by atoms with E-state index in [0.29, 0.717) is 13.0 Å². The molecule has 0 saturated carbocycles. The number of halogens is 1. The number of hydrogen-bond acceptors (Lipinski definition) is 4. The van der Waals surface area contributed by atoms with Gasteiger partial charge in [-0.05, 0) is 30.3 Å². The Morgan fingerprint density at radius 3 is 2.74 bits per heavy atom. The first-order valence-electron chi connectivity index (χ1n) is 7.07. The summed E-state index contributed by atoms with van der Waals surface area (Å²) in [7, 11) is 0. The van der Waals surface area contributed by atoms with E-state index in [9.17, 15) is 9.18 Å². The molecule has 1 aromatic carbocycles. The number of benzene rings is 1. The van der Waals surface area contributed by atoms with Crippen molar-refractivity contribution in [2.75, 3.05) is 6.54 Å². The molecular weight excluding hydrogens is 297 g/mol. The summed E-state index contributed by atoms with van der Waals surface area (Å²) in [6.07, 6.45) is 6.78. The van der Waals surface area contributed by atoms with Gasteiger partial charge in [-0.1, -0.05) is 0 Å². The lowest BCUT2D eigenvalue weighted by atomic mass is 10.3. The third kappa shape index (κ3) is 3.76. The molecule has 0 bridgehead atoms. The number of nitrogens with one attached hydrogen (secondary N) is 1. The first-order valence-corrected chi connectivity index (χ1v) is 7.07. The predicted octanol–water partition coefficient (Wildman–Crippen LogP) is 1.77.